The van der Waals surface area contributed by atoms with E-state index in [-0.39, 0.29) is 23.2 Å². The van der Waals surface area contributed by atoms with Crippen molar-refractivity contribution >= 4 is 27.5 Å². The largest absolute Gasteiger partial charge is 0.486 e. The number of aryl methyl sites for hydroxylation is 1. The van der Waals surface area contributed by atoms with Crippen molar-refractivity contribution in [2.75, 3.05) is 12.5 Å². The molecule has 3 aromatic heterocycles. The molecule has 8 nitrogen and oxygen atoms in total. The molecule has 0 aliphatic rings. The van der Waals surface area contributed by atoms with Crippen LogP contribution in [0.15, 0.2) is 83.6 Å². The summed E-state index contributed by atoms with van der Waals surface area (Å²) in [5, 5.41) is 5.34. The van der Waals surface area contributed by atoms with E-state index in [9.17, 15) is 4.79 Å². The molecule has 0 atom stereocenters. The van der Waals surface area contributed by atoms with Gasteiger partial charge in [-0.3, -0.25) is 14.5 Å². The SMILES string of the molecule is Cn1cc(-c2ccncc2)c(-c2ccc(OCc3nc(C(=O)N=S(C)C)c4ccccc4n3)cc2)n1. The van der Waals surface area contributed by atoms with Gasteiger partial charge in [0.1, 0.15) is 23.7 Å². The number of carbonyl (C=O) groups excluding carboxylic acids is 1. The molecule has 0 unspecified atom stereocenters. The Hall–Kier alpha value is -4.24. The molecule has 3 heterocycles. The van der Waals surface area contributed by atoms with Gasteiger partial charge in [-0.25, -0.2) is 9.97 Å². The third-order valence-corrected chi connectivity index (χ3v) is 5.96. The molecule has 0 N–H and O–H groups in total. The van der Waals surface area contributed by atoms with Gasteiger partial charge in [-0.2, -0.15) is 9.46 Å². The summed E-state index contributed by atoms with van der Waals surface area (Å²) in [6, 6.07) is 19.1. The zero-order valence-electron chi connectivity index (χ0n) is 20.1. The molecule has 2 aromatic carbocycles. The maximum absolute atomic E-state index is 12.7. The van der Waals surface area contributed by atoms with Crippen LogP contribution in [0.25, 0.3) is 33.3 Å². The summed E-state index contributed by atoms with van der Waals surface area (Å²) in [6.45, 7) is 0.125. The van der Waals surface area contributed by atoms with Crippen LogP contribution in [-0.2, 0) is 24.3 Å². The standard InChI is InChI=1S/C27H24N6O2S/c1-33-16-22(18-12-14-28-15-13-18)25(31-33)19-8-10-20(11-9-19)35-17-24-29-23-7-5-4-6-21(23)26(30-24)27(34)32-36(2)3/h4-16H,17H2,1-3H3. The minimum absolute atomic E-state index is 0.125. The molecule has 0 aliphatic carbocycles. The molecule has 180 valence electrons. The number of rotatable bonds is 6. The summed E-state index contributed by atoms with van der Waals surface area (Å²) < 4.78 is 11.9. The highest BCUT2D eigenvalue weighted by atomic mass is 32.2. The predicted octanol–water partition coefficient (Wildman–Crippen LogP) is 4.87. The number of para-hydroxylation sites is 1. The van der Waals surface area contributed by atoms with Gasteiger partial charge in [-0.05, 0) is 60.5 Å². The van der Waals surface area contributed by atoms with Crippen molar-refractivity contribution in [1.82, 2.24) is 24.7 Å². The van der Waals surface area contributed by atoms with Crippen molar-refractivity contribution in [1.29, 1.82) is 0 Å². The van der Waals surface area contributed by atoms with E-state index in [1.165, 1.54) is 0 Å². The minimum Gasteiger partial charge on any atom is -0.486 e. The van der Waals surface area contributed by atoms with Crippen molar-refractivity contribution in [2.24, 2.45) is 11.4 Å². The highest BCUT2D eigenvalue weighted by Crippen LogP contribution is 2.31. The second kappa shape index (κ2) is 10.2. The Labute approximate surface area is 211 Å². The van der Waals surface area contributed by atoms with E-state index in [1.54, 1.807) is 17.1 Å². The lowest BCUT2D eigenvalue weighted by Crippen LogP contribution is -2.09. The molecule has 1 amide bonds. The number of fused-ring (bicyclic) bond motifs is 1. The van der Waals surface area contributed by atoms with E-state index in [0.29, 0.717) is 28.2 Å². The van der Waals surface area contributed by atoms with Crippen LogP contribution in [0.1, 0.15) is 16.3 Å². The van der Waals surface area contributed by atoms with Gasteiger partial charge in [0, 0.05) is 42.2 Å². The molecule has 0 spiro atoms. The van der Waals surface area contributed by atoms with Crippen molar-refractivity contribution in [3.8, 4) is 28.1 Å². The van der Waals surface area contributed by atoms with Gasteiger partial charge in [0.2, 0.25) is 0 Å². The summed E-state index contributed by atoms with van der Waals surface area (Å²) in [5.41, 5.74) is 4.92. The molecule has 0 radical (unpaired) electrons. The Morgan fingerprint density at radius 3 is 2.47 bits per heavy atom. The van der Waals surface area contributed by atoms with E-state index in [2.05, 4.69) is 24.4 Å². The first kappa shape index (κ1) is 23.5. The van der Waals surface area contributed by atoms with Crippen LogP contribution in [0.3, 0.4) is 0 Å². The minimum atomic E-state index is -0.386. The van der Waals surface area contributed by atoms with Gasteiger partial charge in [0.15, 0.2) is 5.82 Å². The van der Waals surface area contributed by atoms with Crippen molar-refractivity contribution < 1.29 is 9.53 Å². The summed E-state index contributed by atoms with van der Waals surface area (Å²) in [6.07, 6.45) is 9.32. The predicted molar refractivity (Wildman–Crippen MR) is 142 cm³/mol. The molecule has 0 aliphatic heterocycles. The van der Waals surface area contributed by atoms with E-state index >= 15 is 0 Å². The molecule has 9 heteroatoms. The number of amides is 1. The van der Waals surface area contributed by atoms with Crippen LogP contribution in [0.5, 0.6) is 5.75 Å². The maximum Gasteiger partial charge on any atom is 0.302 e. The number of hydrogen-bond acceptors (Lipinski definition) is 6. The molecular formula is C27H24N6O2S. The normalized spacial score (nSPS) is 11.1. The topological polar surface area (TPSA) is 95.2 Å². The van der Waals surface area contributed by atoms with Crippen LogP contribution in [0, 0.1) is 0 Å². The number of benzene rings is 2. The Kier molecular flexibility index (Phi) is 6.64. The molecule has 5 rings (SSSR count). The van der Waals surface area contributed by atoms with Crippen LogP contribution >= 0.6 is 0 Å². The van der Waals surface area contributed by atoms with Crippen molar-refractivity contribution in [2.45, 2.75) is 6.61 Å². The van der Waals surface area contributed by atoms with E-state index in [4.69, 9.17) is 4.74 Å². The second-order valence-corrected chi connectivity index (χ2v) is 10.0. The average Bonchev–Trinajstić information content (AvgIpc) is 3.29. The fourth-order valence-electron chi connectivity index (χ4n) is 3.86. The molecule has 0 saturated carbocycles. The zero-order valence-corrected chi connectivity index (χ0v) is 20.9. The lowest BCUT2D eigenvalue weighted by molar-refractivity contribution is 0.100. The number of nitrogens with zero attached hydrogens (tertiary/aromatic N) is 6. The molecular weight excluding hydrogens is 472 g/mol. The quantitative estimate of drug-likeness (QED) is 0.333. The third-order valence-electron chi connectivity index (χ3n) is 5.43. The number of aromatic nitrogens is 5. The first-order valence-electron chi connectivity index (χ1n) is 11.2. The molecule has 0 bridgehead atoms. The first-order valence-corrected chi connectivity index (χ1v) is 13.2. The second-order valence-electron chi connectivity index (χ2n) is 8.29. The maximum atomic E-state index is 12.7. The van der Waals surface area contributed by atoms with E-state index < -0.39 is 0 Å². The Balaban J connectivity index is 1.38. The smallest absolute Gasteiger partial charge is 0.302 e. The molecule has 0 saturated heterocycles. The summed E-state index contributed by atoms with van der Waals surface area (Å²) in [5.74, 6) is 0.749. The highest BCUT2D eigenvalue weighted by Gasteiger charge is 2.15. The summed E-state index contributed by atoms with van der Waals surface area (Å²) >= 11 is 0. The monoisotopic (exact) mass is 496 g/mol. The Morgan fingerprint density at radius 2 is 1.72 bits per heavy atom. The van der Waals surface area contributed by atoms with Crippen LogP contribution in [0.2, 0.25) is 0 Å². The highest BCUT2D eigenvalue weighted by molar-refractivity contribution is 7.86. The zero-order chi connectivity index (χ0) is 25.1. The van der Waals surface area contributed by atoms with Gasteiger partial charge in [-0.1, -0.05) is 28.9 Å². The lowest BCUT2D eigenvalue weighted by Gasteiger charge is -2.09. The van der Waals surface area contributed by atoms with E-state index in [0.717, 1.165) is 22.4 Å². The molecule has 36 heavy (non-hydrogen) atoms. The number of hydrogen-bond donors (Lipinski definition) is 0. The Bertz CT molecular complexity index is 1580. The third kappa shape index (κ3) is 5.06. The fourth-order valence-corrected chi connectivity index (χ4v) is 4.28. The average molecular weight is 497 g/mol. The fraction of sp³-hybridized carbons (Fsp3) is 0.148. The van der Waals surface area contributed by atoms with Crippen LogP contribution in [0.4, 0.5) is 0 Å². The van der Waals surface area contributed by atoms with Gasteiger partial charge in [0.25, 0.3) is 0 Å². The van der Waals surface area contributed by atoms with Gasteiger partial charge in [0.05, 0.1) is 5.52 Å². The van der Waals surface area contributed by atoms with Gasteiger partial charge in [-0.15, -0.1) is 0 Å². The number of pyridine rings is 1. The molecule has 5 aromatic rings. The summed E-state index contributed by atoms with van der Waals surface area (Å²) in [4.78, 5) is 25.9. The molecule has 0 fully saturated rings. The van der Waals surface area contributed by atoms with Crippen molar-refractivity contribution in [3.05, 3.63) is 90.8 Å². The van der Waals surface area contributed by atoms with Crippen LogP contribution < -0.4 is 4.74 Å². The Morgan fingerprint density at radius 1 is 0.972 bits per heavy atom. The van der Waals surface area contributed by atoms with Crippen molar-refractivity contribution in [3.63, 3.8) is 0 Å². The van der Waals surface area contributed by atoms with Gasteiger partial charge >= 0.3 is 5.91 Å². The number of carbonyl (C=O) groups is 1. The van der Waals surface area contributed by atoms with E-state index in [1.807, 2.05) is 86.4 Å². The summed E-state index contributed by atoms with van der Waals surface area (Å²) in [7, 11) is 1.52. The lowest BCUT2D eigenvalue weighted by atomic mass is 10.0. The van der Waals surface area contributed by atoms with Gasteiger partial charge < -0.3 is 4.74 Å². The number of ether oxygens (including phenoxy) is 1. The van der Waals surface area contributed by atoms with Crippen LogP contribution in [-0.4, -0.2) is 43.2 Å². The first-order chi connectivity index (χ1) is 17.5.